The third kappa shape index (κ3) is 5.22. The molecule has 178 valence electrons. The summed E-state index contributed by atoms with van der Waals surface area (Å²) in [5, 5.41) is 2.34. The molecule has 3 aromatic rings. The van der Waals surface area contributed by atoms with Gasteiger partial charge in [-0.1, -0.05) is 30.3 Å². The van der Waals surface area contributed by atoms with Crippen LogP contribution in [0.2, 0.25) is 0 Å². The lowest BCUT2D eigenvalue weighted by atomic mass is 9.93. The molecule has 0 aliphatic carbocycles. The van der Waals surface area contributed by atoms with Gasteiger partial charge in [-0.05, 0) is 32.0 Å². The van der Waals surface area contributed by atoms with Crippen LogP contribution in [0.4, 0.5) is 10.5 Å². The maximum absolute atomic E-state index is 13.3. The van der Waals surface area contributed by atoms with E-state index in [4.69, 9.17) is 15.9 Å². The number of hydrogen-bond donors (Lipinski definition) is 3. The molecule has 0 saturated heterocycles. The maximum atomic E-state index is 13.3. The predicted octanol–water partition coefficient (Wildman–Crippen LogP) is 2.41. The van der Waals surface area contributed by atoms with Gasteiger partial charge >= 0.3 is 6.03 Å². The third-order valence-electron chi connectivity index (χ3n) is 5.22. The lowest BCUT2D eigenvalue weighted by Gasteiger charge is -2.10. The highest BCUT2D eigenvalue weighted by Crippen LogP contribution is 2.26. The number of carbonyl (C=O) groups is 6. The summed E-state index contributed by atoms with van der Waals surface area (Å²) in [5.74, 6) is -6.02. The molecule has 1 atom stereocenters. The van der Waals surface area contributed by atoms with E-state index in [1.807, 2.05) is 0 Å². The summed E-state index contributed by atoms with van der Waals surface area (Å²) in [6, 6.07) is 11.4. The average molecular weight is 475 g/mol. The molecule has 3 amide bonds. The molecule has 0 aliphatic rings. The molecule has 1 aromatic heterocycles. The Morgan fingerprint density at radius 2 is 1.46 bits per heavy atom. The number of ketones is 4. The first-order valence-corrected chi connectivity index (χ1v) is 10.3. The van der Waals surface area contributed by atoms with Crippen molar-refractivity contribution in [3.63, 3.8) is 0 Å². The summed E-state index contributed by atoms with van der Waals surface area (Å²) in [5.41, 5.74) is 11.0. The minimum Gasteiger partial charge on any atom is -0.460 e. The van der Waals surface area contributed by atoms with Gasteiger partial charge in [0.05, 0.1) is 5.56 Å². The lowest BCUT2D eigenvalue weighted by Crippen LogP contribution is -2.35. The smallest absolute Gasteiger partial charge is 0.316 e. The van der Waals surface area contributed by atoms with E-state index in [0.29, 0.717) is 5.56 Å². The molecule has 5 N–H and O–H groups in total. The number of primary amides is 2. The summed E-state index contributed by atoms with van der Waals surface area (Å²) in [6.07, 6.45) is 1.01. The van der Waals surface area contributed by atoms with Crippen molar-refractivity contribution in [1.82, 2.24) is 0 Å². The molecule has 0 saturated carbocycles. The van der Waals surface area contributed by atoms with Crippen molar-refractivity contribution in [1.29, 1.82) is 0 Å². The lowest BCUT2D eigenvalue weighted by molar-refractivity contribution is -0.128. The van der Waals surface area contributed by atoms with Gasteiger partial charge in [-0.3, -0.25) is 24.0 Å². The second kappa shape index (κ2) is 9.96. The molecule has 10 nitrogen and oxygen atoms in total. The van der Waals surface area contributed by atoms with Crippen LogP contribution in [0.3, 0.4) is 0 Å². The normalized spacial score (nSPS) is 11.4. The van der Waals surface area contributed by atoms with Gasteiger partial charge in [0.25, 0.3) is 0 Å². The number of amides is 3. The number of nitrogens with two attached hydrogens (primary N) is 2. The van der Waals surface area contributed by atoms with Crippen molar-refractivity contribution in [2.24, 2.45) is 17.4 Å². The van der Waals surface area contributed by atoms with E-state index in [9.17, 15) is 28.8 Å². The fraction of sp³-hybridized carbons (Fsp3) is 0.120. The molecule has 1 unspecified atom stereocenters. The summed E-state index contributed by atoms with van der Waals surface area (Å²) in [6.45, 7) is 2.45. The largest absolute Gasteiger partial charge is 0.460 e. The fourth-order valence-electron chi connectivity index (χ4n) is 3.54. The maximum Gasteiger partial charge on any atom is 0.316 e. The minimum atomic E-state index is -1.75. The molecule has 10 heteroatoms. The predicted molar refractivity (Wildman–Crippen MR) is 124 cm³/mol. The molecule has 1 heterocycles. The van der Waals surface area contributed by atoms with Crippen molar-refractivity contribution in [2.45, 2.75) is 13.8 Å². The Labute approximate surface area is 199 Å². The highest BCUT2D eigenvalue weighted by molar-refractivity contribution is 6.23. The van der Waals surface area contributed by atoms with Crippen LogP contribution in [0.25, 0.3) is 0 Å². The van der Waals surface area contributed by atoms with Crippen LogP contribution >= 0.6 is 0 Å². The molecule has 3 rings (SSSR count). The van der Waals surface area contributed by atoms with Crippen molar-refractivity contribution in [2.75, 3.05) is 5.32 Å². The number of rotatable bonds is 9. The Balaban J connectivity index is 2.05. The second-order valence-electron chi connectivity index (χ2n) is 7.73. The van der Waals surface area contributed by atoms with Gasteiger partial charge < -0.3 is 21.2 Å². The topological polar surface area (TPSA) is 180 Å². The number of nitrogens with one attached hydrogen (secondary N) is 1. The number of Topliss-reactive ketones (excluding diaryl/α,β-unsaturated/α-hetero) is 2. The third-order valence-corrected chi connectivity index (χ3v) is 5.22. The molecule has 0 fully saturated rings. The molecule has 0 bridgehead atoms. The molecule has 2 aromatic carbocycles. The molecule has 0 aliphatic heterocycles. The van der Waals surface area contributed by atoms with Gasteiger partial charge in [0.2, 0.25) is 11.7 Å². The van der Waals surface area contributed by atoms with Gasteiger partial charge in [0, 0.05) is 27.9 Å². The van der Waals surface area contributed by atoms with Crippen molar-refractivity contribution in [3.05, 3.63) is 88.4 Å². The van der Waals surface area contributed by atoms with E-state index < -0.39 is 41.0 Å². The van der Waals surface area contributed by atoms with Gasteiger partial charge in [-0.15, -0.1) is 0 Å². The Hall–Kier alpha value is -4.86. The van der Waals surface area contributed by atoms with Gasteiger partial charge in [-0.25, -0.2) is 4.79 Å². The molecular formula is C25H21N3O7. The van der Waals surface area contributed by atoms with Gasteiger partial charge in [-0.2, -0.15) is 0 Å². The highest BCUT2D eigenvalue weighted by atomic mass is 16.3. The molecule has 0 spiro atoms. The van der Waals surface area contributed by atoms with E-state index in [2.05, 4.69) is 5.32 Å². The number of urea groups is 1. The quantitative estimate of drug-likeness (QED) is 0.314. The Morgan fingerprint density at radius 1 is 0.857 bits per heavy atom. The SMILES string of the molecule is CC(=O)C(C(N)=O)C(=O)c1occ(C(=O)c2cc(NC(N)=O)cc(C(=O)c3ccccc3)c2)c1C. The fourth-order valence-corrected chi connectivity index (χ4v) is 3.54. The monoisotopic (exact) mass is 475 g/mol. The molecular weight excluding hydrogens is 454 g/mol. The zero-order chi connectivity index (χ0) is 25.9. The summed E-state index contributed by atoms with van der Waals surface area (Å²) in [7, 11) is 0. The van der Waals surface area contributed by atoms with Crippen LogP contribution in [0, 0.1) is 12.8 Å². The Morgan fingerprint density at radius 3 is 2.00 bits per heavy atom. The molecule has 0 radical (unpaired) electrons. The zero-order valence-electron chi connectivity index (χ0n) is 18.8. The van der Waals surface area contributed by atoms with E-state index in [0.717, 1.165) is 13.2 Å². The number of hydrogen-bond acceptors (Lipinski definition) is 7. The molecule has 35 heavy (non-hydrogen) atoms. The zero-order valence-corrected chi connectivity index (χ0v) is 18.8. The average Bonchev–Trinajstić information content (AvgIpc) is 3.18. The van der Waals surface area contributed by atoms with Crippen LogP contribution in [0.5, 0.6) is 0 Å². The van der Waals surface area contributed by atoms with Crippen LogP contribution in [-0.2, 0) is 9.59 Å². The standard InChI is InChI=1S/C25H21N3O7/c1-12-18(11-35-23(12)22(32)19(13(2)29)24(26)33)21(31)16-8-15(9-17(10-16)28-25(27)34)20(30)14-6-4-3-5-7-14/h3-11,19H,1-2H3,(H2,26,33)(H3,27,28,34). The van der Waals surface area contributed by atoms with E-state index in [1.54, 1.807) is 30.3 Å². The van der Waals surface area contributed by atoms with Crippen molar-refractivity contribution < 1.29 is 33.2 Å². The van der Waals surface area contributed by atoms with Crippen LogP contribution in [-0.4, -0.2) is 35.1 Å². The van der Waals surface area contributed by atoms with E-state index in [1.165, 1.54) is 25.1 Å². The number of anilines is 1. The minimum absolute atomic E-state index is 0.00329. The van der Waals surface area contributed by atoms with Gasteiger partial charge in [0.1, 0.15) is 12.0 Å². The van der Waals surface area contributed by atoms with E-state index in [-0.39, 0.29) is 33.7 Å². The number of carbonyl (C=O) groups excluding carboxylic acids is 6. The Kier molecular flexibility index (Phi) is 7.05. The number of benzene rings is 2. The first-order chi connectivity index (χ1) is 16.5. The van der Waals surface area contributed by atoms with E-state index >= 15 is 0 Å². The summed E-state index contributed by atoms with van der Waals surface area (Å²) in [4.78, 5) is 73.6. The first kappa shape index (κ1) is 24.8. The van der Waals surface area contributed by atoms with Crippen molar-refractivity contribution in [3.8, 4) is 0 Å². The first-order valence-electron chi connectivity index (χ1n) is 10.3. The highest BCUT2D eigenvalue weighted by Gasteiger charge is 2.34. The second-order valence-corrected chi connectivity index (χ2v) is 7.73. The van der Waals surface area contributed by atoms with Gasteiger partial charge in [0.15, 0.2) is 23.2 Å². The number of furan rings is 1. The van der Waals surface area contributed by atoms with Crippen molar-refractivity contribution >= 4 is 40.8 Å². The van der Waals surface area contributed by atoms with Crippen LogP contribution in [0.15, 0.2) is 59.2 Å². The van der Waals surface area contributed by atoms with Crippen LogP contribution < -0.4 is 16.8 Å². The summed E-state index contributed by atoms with van der Waals surface area (Å²) >= 11 is 0. The Bertz CT molecular complexity index is 1360. The van der Waals surface area contributed by atoms with Crippen LogP contribution in [0.1, 0.15) is 54.9 Å². The summed E-state index contributed by atoms with van der Waals surface area (Å²) < 4.78 is 5.24.